The Bertz CT molecular complexity index is 991. The van der Waals surface area contributed by atoms with Gasteiger partial charge < -0.3 is 9.74 Å². The highest BCUT2D eigenvalue weighted by Crippen LogP contribution is 2.46. The largest absolute Gasteiger partial charge is 0.435 e. The molecule has 0 N–H and O–H groups in total. The maximum Gasteiger partial charge on any atom is 0.435 e. The van der Waals surface area contributed by atoms with E-state index in [0.29, 0.717) is 13.2 Å². The average Bonchev–Trinajstić information content (AvgIpc) is 3.22. The van der Waals surface area contributed by atoms with Gasteiger partial charge in [-0.15, -0.1) is 0 Å². The summed E-state index contributed by atoms with van der Waals surface area (Å²) < 4.78 is 0. The number of aryl methyl sites for hydroxylation is 1. The first kappa shape index (κ1) is 16.8. The van der Waals surface area contributed by atoms with E-state index in [1.54, 1.807) is 9.96 Å². The fourth-order valence-corrected chi connectivity index (χ4v) is 4.13. The van der Waals surface area contributed by atoms with Crippen LogP contribution in [-0.2, 0) is 10.5 Å². The van der Waals surface area contributed by atoms with Crippen molar-refractivity contribution >= 4 is 17.5 Å². The van der Waals surface area contributed by atoms with Gasteiger partial charge in [0.15, 0.2) is 5.66 Å². The van der Waals surface area contributed by atoms with E-state index in [0.717, 1.165) is 16.9 Å². The number of amides is 1. The molecule has 1 atom stereocenters. The zero-order valence-corrected chi connectivity index (χ0v) is 15.7. The second kappa shape index (κ2) is 6.39. The molecule has 3 aromatic carbocycles. The van der Waals surface area contributed by atoms with Gasteiger partial charge >= 0.3 is 6.09 Å². The van der Waals surface area contributed by atoms with Crippen LogP contribution in [0.1, 0.15) is 11.1 Å². The van der Waals surface area contributed by atoms with Crippen LogP contribution >= 0.6 is 0 Å². The fourth-order valence-electron chi connectivity index (χ4n) is 4.13. The monoisotopic (exact) mass is 371 g/mol. The Balaban J connectivity index is 1.63. The van der Waals surface area contributed by atoms with Crippen LogP contribution in [0.2, 0.25) is 0 Å². The van der Waals surface area contributed by atoms with Gasteiger partial charge in [0.2, 0.25) is 0 Å². The predicted molar refractivity (Wildman–Crippen MR) is 109 cm³/mol. The highest BCUT2D eigenvalue weighted by atomic mass is 16.8. The van der Waals surface area contributed by atoms with Crippen molar-refractivity contribution < 1.29 is 9.63 Å². The number of fused-ring (bicyclic) bond motifs is 1. The number of carbonyl (C=O) groups is 1. The normalized spacial score (nSPS) is 21.7. The summed E-state index contributed by atoms with van der Waals surface area (Å²) in [6, 6.07) is 28.3. The zero-order valence-electron chi connectivity index (χ0n) is 15.7. The summed E-state index contributed by atoms with van der Waals surface area (Å²) in [6.45, 7) is 3.20. The van der Waals surface area contributed by atoms with Crippen LogP contribution in [-0.4, -0.2) is 24.4 Å². The van der Waals surface area contributed by atoms with Crippen LogP contribution in [0.15, 0.2) is 84.9 Å². The molecule has 28 heavy (non-hydrogen) atoms. The lowest BCUT2D eigenvalue weighted by Gasteiger charge is -2.35. The molecule has 0 unspecified atom stereocenters. The van der Waals surface area contributed by atoms with Gasteiger partial charge in [0.1, 0.15) is 6.67 Å². The van der Waals surface area contributed by atoms with Gasteiger partial charge in [0.25, 0.3) is 0 Å². The lowest BCUT2D eigenvalue weighted by atomic mass is 9.97. The molecule has 0 spiro atoms. The van der Waals surface area contributed by atoms with Crippen LogP contribution in [0.25, 0.3) is 0 Å². The second-order valence-corrected chi connectivity index (χ2v) is 7.26. The molecule has 0 bridgehead atoms. The number of anilines is 2. The van der Waals surface area contributed by atoms with E-state index in [1.807, 2.05) is 48.5 Å². The Labute approximate surface area is 164 Å². The van der Waals surface area contributed by atoms with Crippen molar-refractivity contribution in [1.82, 2.24) is 5.06 Å². The van der Waals surface area contributed by atoms with Gasteiger partial charge in [-0.25, -0.2) is 9.69 Å². The molecule has 0 aliphatic carbocycles. The molecular formula is C23H21N3O2. The lowest BCUT2D eigenvalue weighted by Crippen LogP contribution is -2.50. The van der Waals surface area contributed by atoms with E-state index in [4.69, 9.17) is 4.84 Å². The minimum absolute atomic E-state index is 0.349. The minimum atomic E-state index is -0.718. The molecule has 1 amide bonds. The number of nitrogens with zero attached hydrogens (tertiary/aromatic N) is 3. The van der Waals surface area contributed by atoms with E-state index >= 15 is 0 Å². The average molecular weight is 371 g/mol. The van der Waals surface area contributed by atoms with Crippen LogP contribution < -0.4 is 9.80 Å². The van der Waals surface area contributed by atoms with Gasteiger partial charge in [0, 0.05) is 11.4 Å². The predicted octanol–water partition coefficient (Wildman–Crippen LogP) is 4.50. The molecule has 0 aromatic heterocycles. The molecule has 2 saturated heterocycles. The summed E-state index contributed by atoms with van der Waals surface area (Å²) in [5, 5.41) is 1.80. The van der Waals surface area contributed by atoms with Gasteiger partial charge in [0.05, 0.1) is 6.54 Å². The highest BCUT2D eigenvalue weighted by Gasteiger charge is 2.60. The Morgan fingerprint density at radius 1 is 0.821 bits per heavy atom. The lowest BCUT2D eigenvalue weighted by molar-refractivity contribution is -0.105. The molecule has 2 aliphatic rings. The molecule has 2 aliphatic heterocycles. The van der Waals surface area contributed by atoms with Crippen molar-refractivity contribution in [1.29, 1.82) is 0 Å². The summed E-state index contributed by atoms with van der Waals surface area (Å²) in [7, 11) is 0. The first-order chi connectivity index (χ1) is 13.7. The Morgan fingerprint density at radius 2 is 1.46 bits per heavy atom. The molecular weight excluding hydrogens is 350 g/mol. The van der Waals surface area contributed by atoms with Crippen molar-refractivity contribution in [2.75, 3.05) is 23.0 Å². The van der Waals surface area contributed by atoms with Crippen LogP contribution in [0.3, 0.4) is 0 Å². The standard InChI is InChI=1S/C23H21N3O2/c1-18-12-14-20(15-13-18)24-16-23(19-8-4-2-5-9-19)25(17-24)28-22(27)26(23)21-10-6-3-7-11-21/h2-15H,16-17H2,1H3/t23-/m1/s1. The van der Waals surface area contributed by atoms with Crippen LogP contribution in [0, 0.1) is 6.92 Å². The quantitative estimate of drug-likeness (QED) is 0.679. The van der Waals surface area contributed by atoms with Crippen molar-refractivity contribution in [2.45, 2.75) is 12.6 Å². The summed E-state index contributed by atoms with van der Waals surface area (Å²) >= 11 is 0. The maximum atomic E-state index is 12.9. The Kier molecular flexibility index (Phi) is 3.84. The molecule has 140 valence electrons. The van der Waals surface area contributed by atoms with Crippen molar-refractivity contribution in [3.05, 3.63) is 96.1 Å². The van der Waals surface area contributed by atoms with E-state index in [-0.39, 0.29) is 6.09 Å². The Morgan fingerprint density at radius 3 is 2.14 bits per heavy atom. The number of hydrogen-bond acceptors (Lipinski definition) is 4. The molecule has 5 rings (SSSR count). The minimum Gasteiger partial charge on any atom is -0.351 e. The third kappa shape index (κ3) is 2.47. The number of benzene rings is 3. The van der Waals surface area contributed by atoms with Gasteiger partial charge in [-0.05, 0) is 36.8 Å². The number of para-hydroxylation sites is 1. The van der Waals surface area contributed by atoms with Gasteiger partial charge in [-0.2, -0.15) is 0 Å². The molecule has 2 fully saturated rings. The summed E-state index contributed by atoms with van der Waals surface area (Å²) in [6.07, 6.45) is -0.349. The first-order valence-corrected chi connectivity index (χ1v) is 9.40. The fraction of sp³-hybridized carbons (Fsp3) is 0.174. The summed E-state index contributed by atoms with van der Waals surface area (Å²) in [4.78, 5) is 22.7. The zero-order chi connectivity index (χ0) is 19.1. The van der Waals surface area contributed by atoms with E-state index in [2.05, 4.69) is 48.2 Å². The molecule has 3 aromatic rings. The number of carbonyl (C=O) groups excluding carboxylic acids is 1. The molecule has 2 heterocycles. The molecule has 0 radical (unpaired) electrons. The van der Waals surface area contributed by atoms with Crippen LogP contribution in [0.4, 0.5) is 16.2 Å². The van der Waals surface area contributed by atoms with Gasteiger partial charge in [-0.3, -0.25) is 0 Å². The second-order valence-electron chi connectivity index (χ2n) is 7.26. The number of hydroxylamine groups is 2. The van der Waals surface area contributed by atoms with Crippen molar-refractivity contribution in [3.8, 4) is 0 Å². The molecule has 0 saturated carbocycles. The third-order valence-electron chi connectivity index (χ3n) is 5.51. The molecule has 5 nitrogen and oxygen atoms in total. The number of hydrogen-bond donors (Lipinski definition) is 0. The maximum absolute atomic E-state index is 12.9. The van der Waals surface area contributed by atoms with Crippen LogP contribution in [0.5, 0.6) is 0 Å². The van der Waals surface area contributed by atoms with Crippen molar-refractivity contribution in [3.63, 3.8) is 0 Å². The summed E-state index contributed by atoms with van der Waals surface area (Å²) in [5.41, 5.74) is 3.46. The Hall–Kier alpha value is -3.31. The SMILES string of the molecule is Cc1ccc(N2CN3OC(=O)N(c4ccccc4)[C@@]3(c3ccccc3)C2)cc1. The van der Waals surface area contributed by atoms with E-state index in [9.17, 15) is 4.79 Å². The first-order valence-electron chi connectivity index (χ1n) is 9.40. The smallest absolute Gasteiger partial charge is 0.351 e. The van der Waals surface area contributed by atoms with Crippen molar-refractivity contribution in [2.24, 2.45) is 0 Å². The van der Waals surface area contributed by atoms with E-state index < -0.39 is 5.66 Å². The third-order valence-corrected chi connectivity index (χ3v) is 5.51. The topological polar surface area (TPSA) is 36.0 Å². The summed E-state index contributed by atoms with van der Waals surface area (Å²) in [5.74, 6) is 0. The molecule has 5 heteroatoms. The van der Waals surface area contributed by atoms with E-state index in [1.165, 1.54) is 5.56 Å². The number of rotatable bonds is 3. The van der Waals surface area contributed by atoms with Gasteiger partial charge in [-0.1, -0.05) is 71.3 Å². The highest BCUT2D eigenvalue weighted by molar-refractivity contribution is 5.91.